The molecule has 1 aliphatic carbocycles. The van der Waals surface area contributed by atoms with E-state index in [0.29, 0.717) is 0 Å². The summed E-state index contributed by atoms with van der Waals surface area (Å²) < 4.78 is 0. The molecule has 2 rings (SSSR count). The Hall–Kier alpha value is -0.540. The van der Waals surface area contributed by atoms with E-state index in [1.807, 2.05) is 29.6 Å². The Balaban J connectivity index is 2.11. The minimum Gasteiger partial charge on any atom is -0.337 e. The van der Waals surface area contributed by atoms with Crippen LogP contribution in [0.15, 0.2) is 10.8 Å². The standard InChI is InChI=1S/C13H18ClNOS/c1-9-7-17-8-10(9)13(16)15(2)12-6-4-3-5-11(12)14/h7-8,11-12H,3-6H2,1-2H3. The summed E-state index contributed by atoms with van der Waals surface area (Å²) in [5, 5.41) is 4.05. The predicted octanol–water partition coefficient (Wildman–Crippen LogP) is 3.68. The van der Waals surface area contributed by atoms with Crippen molar-refractivity contribution in [2.24, 2.45) is 0 Å². The molecule has 0 bridgehead atoms. The van der Waals surface area contributed by atoms with Gasteiger partial charge in [-0.2, -0.15) is 11.3 Å². The fourth-order valence-corrected chi connectivity index (χ4v) is 3.69. The van der Waals surface area contributed by atoms with E-state index in [1.54, 1.807) is 11.3 Å². The van der Waals surface area contributed by atoms with Crippen LogP contribution in [0, 0.1) is 6.92 Å². The smallest absolute Gasteiger partial charge is 0.255 e. The SMILES string of the molecule is Cc1cscc1C(=O)N(C)C1CCCCC1Cl. The molecule has 17 heavy (non-hydrogen) atoms. The minimum absolute atomic E-state index is 0.108. The van der Waals surface area contributed by atoms with E-state index in [2.05, 4.69) is 0 Å². The molecule has 1 saturated carbocycles. The zero-order valence-electron chi connectivity index (χ0n) is 10.3. The largest absolute Gasteiger partial charge is 0.337 e. The lowest BCUT2D eigenvalue weighted by Crippen LogP contribution is -2.44. The molecule has 4 heteroatoms. The highest BCUT2D eigenvalue weighted by molar-refractivity contribution is 7.08. The first-order valence-electron chi connectivity index (χ1n) is 6.05. The van der Waals surface area contributed by atoms with Crippen molar-refractivity contribution in [1.82, 2.24) is 4.90 Å². The number of carbonyl (C=O) groups is 1. The highest BCUT2D eigenvalue weighted by Crippen LogP contribution is 2.28. The molecule has 94 valence electrons. The molecule has 0 spiro atoms. The highest BCUT2D eigenvalue weighted by Gasteiger charge is 2.30. The average molecular weight is 272 g/mol. The van der Waals surface area contributed by atoms with Gasteiger partial charge < -0.3 is 4.90 Å². The van der Waals surface area contributed by atoms with Crippen LogP contribution in [0.1, 0.15) is 41.6 Å². The quantitative estimate of drug-likeness (QED) is 0.752. The lowest BCUT2D eigenvalue weighted by atomic mass is 9.93. The maximum atomic E-state index is 12.3. The monoisotopic (exact) mass is 271 g/mol. The van der Waals surface area contributed by atoms with Crippen molar-refractivity contribution < 1.29 is 4.79 Å². The number of halogens is 1. The molecule has 1 amide bonds. The molecular weight excluding hydrogens is 254 g/mol. The first-order chi connectivity index (χ1) is 8.11. The molecule has 0 radical (unpaired) electrons. The van der Waals surface area contributed by atoms with Crippen LogP contribution in [0.2, 0.25) is 0 Å². The molecule has 2 atom stereocenters. The second kappa shape index (κ2) is 5.40. The molecule has 2 unspecified atom stereocenters. The first-order valence-corrected chi connectivity index (χ1v) is 7.43. The Morgan fingerprint density at radius 1 is 1.41 bits per heavy atom. The van der Waals surface area contributed by atoms with E-state index in [4.69, 9.17) is 11.6 Å². The molecule has 1 heterocycles. The topological polar surface area (TPSA) is 20.3 Å². The lowest BCUT2D eigenvalue weighted by molar-refractivity contribution is 0.0700. The number of thiophene rings is 1. The second-order valence-electron chi connectivity index (χ2n) is 4.75. The van der Waals surface area contributed by atoms with Gasteiger partial charge in [-0.1, -0.05) is 12.8 Å². The summed E-state index contributed by atoms with van der Waals surface area (Å²) in [6, 6.07) is 0.192. The summed E-state index contributed by atoms with van der Waals surface area (Å²) in [7, 11) is 1.88. The van der Waals surface area contributed by atoms with Gasteiger partial charge in [0.25, 0.3) is 5.91 Å². The van der Waals surface area contributed by atoms with E-state index in [9.17, 15) is 4.79 Å². The zero-order valence-corrected chi connectivity index (χ0v) is 11.9. The van der Waals surface area contributed by atoms with Gasteiger partial charge in [0.2, 0.25) is 0 Å². The van der Waals surface area contributed by atoms with Gasteiger partial charge in [-0.3, -0.25) is 4.79 Å². The number of carbonyl (C=O) groups excluding carboxylic acids is 1. The normalized spacial score (nSPS) is 24.6. The number of hydrogen-bond donors (Lipinski definition) is 0. The van der Waals surface area contributed by atoms with Crippen molar-refractivity contribution >= 4 is 28.8 Å². The van der Waals surface area contributed by atoms with Crippen LogP contribution in [0.3, 0.4) is 0 Å². The highest BCUT2D eigenvalue weighted by atomic mass is 35.5. The van der Waals surface area contributed by atoms with Gasteiger partial charge in [-0.25, -0.2) is 0 Å². The summed E-state index contributed by atoms with van der Waals surface area (Å²) >= 11 is 7.91. The van der Waals surface area contributed by atoms with Crippen LogP contribution in [-0.2, 0) is 0 Å². The summed E-state index contributed by atoms with van der Waals surface area (Å²) in [6.07, 6.45) is 4.41. The van der Waals surface area contributed by atoms with Gasteiger partial charge in [-0.15, -0.1) is 11.6 Å². The van der Waals surface area contributed by atoms with Gasteiger partial charge in [0.15, 0.2) is 0 Å². The number of rotatable bonds is 2. The van der Waals surface area contributed by atoms with Gasteiger partial charge >= 0.3 is 0 Å². The third-order valence-corrected chi connectivity index (χ3v) is 4.92. The molecule has 1 aliphatic rings. The first kappa shape index (κ1) is 12.9. The Morgan fingerprint density at radius 3 is 2.71 bits per heavy atom. The van der Waals surface area contributed by atoms with Crippen molar-refractivity contribution in [2.75, 3.05) is 7.05 Å². The third kappa shape index (κ3) is 2.66. The number of amides is 1. The van der Waals surface area contributed by atoms with Crippen LogP contribution >= 0.6 is 22.9 Å². The number of aryl methyl sites for hydroxylation is 1. The maximum Gasteiger partial charge on any atom is 0.255 e. The van der Waals surface area contributed by atoms with E-state index >= 15 is 0 Å². The maximum absolute atomic E-state index is 12.3. The van der Waals surface area contributed by atoms with Gasteiger partial charge in [0.05, 0.1) is 10.9 Å². The number of hydrogen-bond acceptors (Lipinski definition) is 2. The fourth-order valence-electron chi connectivity index (χ4n) is 2.42. The van der Waals surface area contributed by atoms with Crippen molar-refractivity contribution in [3.05, 3.63) is 21.9 Å². The van der Waals surface area contributed by atoms with Crippen molar-refractivity contribution in [1.29, 1.82) is 0 Å². The summed E-state index contributed by atoms with van der Waals surface area (Å²) in [4.78, 5) is 14.2. The molecule has 0 N–H and O–H groups in total. The summed E-state index contributed by atoms with van der Waals surface area (Å²) in [5.74, 6) is 0.112. The molecule has 1 aromatic heterocycles. The van der Waals surface area contributed by atoms with E-state index in [0.717, 1.165) is 24.0 Å². The van der Waals surface area contributed by atoms with Crippen LogP contribution in [0.4, 0.5) is 0 Å². The summed E-state index contributed by atoms with van der Waals surface area (Å²) in [5.41, 5.74) is 1.89. The molecule has 1 fully saturated rings. The van der Waals surface area contributed by atoms with E-state index in [1.165, 1.54) is 12.8 Å². The van der Waals surface area contributed by atoms with Crippen molar-refractivity contribution in [3.8, 4) is 0 Å². The second-order valence-corrected chi connectivity index (χ2v) is 6.06. The van der Waals surface area contributed by atoms with Crippen LogP contribution in [0.25, 0.3) is 0 Å². The van der Waals surface area contributed by atoms with Crippen LogP contribution in [0.5, 0.6) is 0 Å². The lowest BCUT2D eigenvalue weighted by Gasteiger charge is -2.34. The predicted molar refractivity (Wildman–Crippen MR) is 73.0 cm³/mol. The molecule has 0 saturated heterocycles. The van der Waals surface area contributed by atoms with Gasteiger partial charge in [-0.05, 0) is 30.7 Å². The van der Waals surface area contributed by atoms with Crippen molar-refractivity contribution in [2.45, 2.75) is 44.0 Å². The van der Waals surface area contributed by atoms with E-state index < -0.39 is 0 Å². The number of nitrogens with zero attached hydrogens (tertiary/aromatic N) is 1. The van der Waals surface area contributed by atoms with E-state index in [-0.39, 0.29) is 17.3 Å². The third-order valence-electron chi connectivity index (χ3n) is 3.55. The van der Waals surface area contributed by atoms with Crippen LogP contribution < -0.4 is 0 Å². The Labute approximate surface area is 112 Å². The molecule has 0 aliphatic heterocycles. The van der Waals surface area contributed by atoms with Crippen LogP contribution in [-0.4, -0.2) is 29.3 Å². The number of alkyl halides is 1. The Kier molecular flexibility index (Phi) is 4.10. The average Bonchev–Trinajstić information content (AvgIpc) is 2.74. The summed E-state index contributed by atoms with van der Waals surface area (Å²) in [6.45, 7) is 1.98. The molecule has 0 aromatic carbocycles. The van der Waals surface area contributed by atoms with Gasteiger partial charge in [0, 0.05) is 18.5 Å². The van der Waals surface area contributed by atoms with Gasteiger partial charge in [0.1, 0.15) is 0 Å². The Bertz CT molecular complexity index is 404. The fraction of sp³-hybridized carbons (Fsp3) is 0.615. The molecule has 2 nitrogen and oxygen atoms in total. The zero-order chi connectivity index (χ0) is 12.4. The molecular formula is C13H18ClNOS. The molecule has 1 aromatic rings. The van der Waals surface area contributed by atoms with Crippen molar-refractivity contribution in [3.63, 3.8) is 0 Å². The minimum atomic E-state index is 0.108. The Morgan fingerprint density at radius 2 is 2.12 bits per heavy atom.